The fourth-order valence-corrected chi connectivity index (χ4v) is 4.38. The Hall–Kier alpha value is -2.98. The number of benzene rings is 2. The predicted octanol–water partition coefficient (Wildman–Crippen LogP) is 6.08. The molecule has 0 unspecified atom stereocenters. The van der Waals surface area contributed by atoms with Gasteiger partial charge in [0.2, 0.25) is 0 Å². The second-order valence-electron chi connectivity index (χ2n) is 8.01. The van der Waals surface area contributed by atoms with Crippen molar-refractivity contribution in [3.05, 3.63) is 64.3 Å². The molecule has 0 saturated heterocycles. The van der Waals surface area contributed by atoms with Crippen LogP contribution in [-0.2, 0) is 4.74 Å². The smallest absolute Gasteiger partial charge is 0.334 e. The Morgan fingerprint density at radius 1 is 1.00 bits per heavy atom. The van der Waals surface area contributed by atoms with Crippen molar-refractivity contribution in [2.45, 2.75) is 6.92 Å². The number of halogens is 4. The number of nitrogens with one attached hydrogen (secondary N) is 2. The van der Waals surface area contributed by atoms with Gasteiger partial charge in [-0.25, -0.2) is 18.6 Å². The van der Waals surface area contributed by atoms with Gasteiger partial charge >= 0.3 is 6.03 Å². The lowest BCUT2D eigenvalue weighted by Gasteiger charge is -2.28. The van der Waals surface area contributed by atoms with Crippen LogP contribution in [0.2, 0.25) is 10.0 Å². The SMILES string of the molecule is CCN1C(=O)N(c2c(F)cc(NCCNCCOC)cc2F)c2cc(Cl)ccc2-c2cc(Cl)cnc21. The number of aromatic nitrogens is 1. The van der Waals surface area contributed by atoms with Crippen LogP contribution >= 0.6 is 23.2 Å². The van der Waals surface area contributed by atoms with Crippen molar-refractivity contribution in [2.24, 2.45) is 0 Å². The molecule has 0 bridgehead atoms. The Morgan fingerprint density at radius 3 is 2.44 bits per heavy atom. The van der Waals surface area contributed by atoms with Gasteiger partial charge in [-0.15, -0.1) is 0 Å². The standard InChI is InChI=1S/C25H25Cl2F2N5O2/c1-3-33-24-19(10-16(27)14-32-24)18-5-4-15(26)11-22(18)34(25(33)35)23-20(28)12-17(13-21(23)29)31-7-6-30-8-9-36-2/h4-5,10-14,30-31H,3,6-9H2,1-2H3. The van der Waals surface area contributed by atoms with E-state index in [2.05, 4.69) is 15.6 Å². The van der Waals surface area contributed by atoms with Crippen LogP contribution in [0, 0.1) is 11.6 Å². The van der Waals surface area contributed by atoms with Gasteiger partial charge in [0.25, 0.3) is 0 Å². The summed E-state index contributed by atoms with van der Waals surface area (Å²) in [7, 11) is 1.61. The fraction of sp³-hybridized carbons (Fsp3) is 0.280. The molecule has 36 heavy (non-hydrogen) atoms. The van der Waals surface area contributed by atoms with E-state index < -0.39 is 23.4 Å². The largest absolute Gasteiger partial charge is 0.384 e. The first-order valence-corrected chi connectivity index (χ1v) is 12.1. The number of ether oxygens (including phenoxy) is 1. The van der Waals surface area contributed by atoms with Crippen molar-refractivity contribution in [3.8, 4) is 11.1 Å². The number of anilines is 4. The third-order valence-electron chi connectivity index (χ3n) is 5.67. The lowest BCUT2D eigenvalue weighted by Crippen LogP contribution is -2.41. The number of fused-ring (bicyclic) bond motifs is 3. The molecule has 1 aromatic heterocycles. The number of pyridine rings is 1. The second kappa shape index (κ2) is 11.4. The molecule has 0 fully saturated rings. The van der Waals surface area contributed by atoms with E-state index in [4.69, 9.17) is 27.9 Å². The van der Waals surface area contributed by atoms with Crippen molar-refractivity contribution >= 4 is 52.1 Å². The van der Waals surface area contributed by atoms with E-state index in [0.717, 1.165) is 17.0 Å². The highest BCUT2D eigenvalue weighted by molar-refractivity contribution is 6.32. The molecular formula is C25H25Cl2F2N5O2. The molecule has 190 valence electrons. The molecule has 0 radical (unpaired) electrons. The normalized spacial score (nSPS) is 12.9. The second-order valence-corrected chi connectivity index (χ2v) is 8.88. The van der Waals surface area contributed by atoms with Crippen LogP contribution in [0.3, 0.4) is 0 Å². The van der Waals surface area contributed by atoms with Crippen molar-refractivity contribution in [2.75, 3.05) is 55.0 Å². The van der Waals surface area contributed by atoms with E-state index in [1.807, 2.05) is 0 Å². The third kappa shape index (κ3) is 5.24. The lowest BCUT2D eigenvalue weighted by molar-refractivity contribution is 0.200. The maximum atomic E-state index is 15.5. The number of hydrogen-bond acceptors (Lipinski definition) is 5. The minimum atomic E-state index is -0.905. The number of nitrogens with zero attached hydrogens (tertiary/aromatic N) is 3. The summed E-state index contributed by atoms with van der Waals surface area (Å²) >= 11 is 12.5. The molecule has 1 aliphatic rings. The molecular weight excluding hydrogens is 511 g/mol. The average molecular weight is 536 g/mol. The molecule has 0 aliphatic carbocycles. The highest BCUT2D eigenvalue weighted by atomic mass is 35.5. The monoisotopic (exact) mass is 535 g/mol. The van der Waals surface area contributed by atoms with Gasteiger partial charge in [-0.1, -0.05) is 29.3 Å². The number of hydrogen-bond donors (Lipinski definition) is 2. The minimum absolute atomic E-state index is 0.206. The van der Waals surface area contributed by atoms with E-state index >= 15 is 8.78 Å². The Bertz CT molecular complexity index is 1250. The first-order chi connectivity index (χ1) is 17.3. The summed E-state index contributed by atoms with van der Waals surface area (Å²) in [4.78, 5) is 20.5. The van der Waals surface area contributed by atoms with Gasteiger partial charge in [0, 0.05) is 61.3 Å². The molecule has 2 heterocycles. The van der Waals surface area contributed by atoms with Gasteiger partial charge in [-0.05, 0) is 37.3 Å². The quantitative estimate of drug-likeness (QED) is 0.325. The van der Waals surface area contributed by atoms with E-state index in [0.29, 0.717) is 53.2 Å². The van der Waals surface area contributed by atoms with Crippen molar-refractivity contribution in [3.63, 3.8) is 0 Å². The third-order valence-corrected chi connectivity index (χ3v) is 6.11. The first-order valence-electron chi connectivity index (χ1n) is 11.3. The van der Waals surface area contributed by atoms with E-state index in [9.17, 15) is 4.79 Å². The number of carbonyl (C=O) groups excluding carboxylic acids is 1. The Morgan fingerprint density at radius 2 is 1.75 bits per heavy atom. The molecule has 4 rings (SSSR count). The van der Waals surface area contributed by atoms with Crippen LogP contribution < -0.4 is 20.4 Å². The van der Waals surface area contributed by atoms with Gasteiger partial charge in [-0.2, -0.15) is 0 Å². The van der Waals surface area contributed by atoms with Crippen LogP contribution in [-0.4, -0.2) is 50.9 Å². The molecule has 0 saturated carbocycles. The van der Waals surface area contributed by atoms with Crippen LogP contribution in [0.4, 0.5) is 36.5 Å². The summed E-state index contributed by atoms with van der Waals surface area (Å²) < 4.78 is 36.0. The summed E-state index contributed by atoms with van der Waals surface area (Å²) in [6.07, 6.45) is 1.42. The zero-order valence-electron chi connectivity index (χ0n) is 19.7. The number of urea groups is 1. The van der Waals surface area contributed by atoms with Crippen LogP contribution in [0.25, 0.3) is 11.1 Å². The molecule has 2 amide bonds. The van der Waals surface area contributed by atoms with Crippen molar-refractivity contribution in [1.29, 1.82) is 0 Å². The molecule has 7 nitrogen and oxygen atoms in total. The van der Waals surface area contributed by atoms with Crippen molar-refractivity contribution in [1.82, 2.24) is 10.3 Å². The maximum absolute atomic E-state index is 15.5. The molecule has 2 N–H and O–H groups in total. The predicted molar refractivity (Wildman–Crippen MR) is 140 cm³/mol. The number of methoxy groups -OCH3 is 1. The molecule has 0 atom stereocenters. The minimum Gasteiger partial charge on any atom is -0.384 e. The van der Waals surface area contributed by atoms with Gasteiger partial charge < -0.3 is 15.4 Å². The summed E-state index contributed by atoms with van der Waals surface area (Å²) in [5.41, 5.74) is 1.02. The molecule has 3 aromatic rings. The van der Waals surface area contributed by atoms with Crippen LogP contribution in [0.5, 0.6) is 0 Å². The lowest BCUT2D eigenvalue weighted by atomic mass is 10.0. The average Bonchev–Trinajstić information content (AvgIpc) is 2.93. The van der Waals surface area contributed by atoms with Gasteiger partial charge in [-0.3, -0.25) is 9.80 Å². The molecule has 11 heteroatoms. The van der Waals surface area contributed by atoms with E-state index in [1.165, 1.54) is 17.2 Å². The number of amides is 2. The summed E-state index contributed by atoms with van der Waals surface area (Å²) in [5.74, 6) is -1.48. The Balaban J connectivity index is 1.76. The molecule has 0 spiro atoms. The highest BCUT2D eigenvalue weighted by Gasteiger charge is 2.36. The number of rotatable bonds is 9. The maximum Gasteiger partial charge on any atom is 0.334 e. The zero-order chi connectivity index (χ0) is 25.8. The fourth-order valence-electron chi connectivity index (χ4n) is 4.05. The van der Waals surface area contributed by atoms with Crippen LogP contribution in [0.15, 0.2) is 42.6 Å². The molecule has 2 aromatic carbocycles. The van der Waals surface area contributed by atoms with E-state index in [1.54, 1.807) is 32.2 Å². The summed E-state index contributed by atoms with van der Waals surface area (Å²) in [5, 5.41) is 6.78. The first kappa shape index (κ1) is 26.1. The zero-order valence-corrected chi connectivity index (χ0v) is 21.3. The molecule has 1 aliphatic heterocycles. The van der Waals surface area contributed by atoms with Gasteiger partial charge in [0.1, 0.15) is 11.5 Å². The Kier molecular flexibility index (Phi) is 8.25. The number of carbonyl (C=O) groups is 1. The van der Waals surface area contributed by atoms with Gasteiger partial charge in [0.05, 0.1) is 17.3 Å². The Labute approximate surface area is 218 Å². The van der Waals surface area contributed by atoms with Gasteiger partial charge in [0.15, 0.2) is 11.6 Å². The van der Waals surface area contributed by atoms with Crippen LogP contribution in [0.1, 0.15) is 6.92 Å². The van der Waals surface area contributed by atoms with Crippen molar-refractivity contribution < 1.29 is 18.3 Å². The summed E-state index contributed by atoms with van der Waals surface area (Å²) in [6.45, 7) is 4.19. The highest BCUT2D eigenvalue weighted by Crippen LogP contribution is 2.46. The topological polar surface area (TPSA) is 69.7 Å². The summed E-state index contributed by atoms with van der Waals surface area (Å²) in [6, 6.07) is 8.12. The van der Waals surface area contributed by atoms with E-state index in [-0.39, 0.29) is 17.9 Å².